The molecule has 0 amide bonds. The maximum absolute atomic E-state index is 2.47. The van der Waals surface area contributed by atoms with Crippen molar-refractivity contribution < 1.29 is 0 Å². The second-order valence-electron chi connectivity index (χ2n) is 5.20. The molecule has 0 aromatic rings. The molecule has 0 bridgehead atoms. The first-order valence-corrected chi connectivity index (χ1v) is 6.76. The van der Waals surface area contributed by atoms with E-state index in [1.165, 1.54) is 38.5 Å². The molecule has 4 atom stereocenters. The van der Waals surface area contributed by atoms with Crippen LogP contribution in [0.5, 0.6) is 0 Å². The molecule has 0 aromatic heterocycles. The molecule has 14 heavy (non-hydrogen) atoms. The van der Waals surface area contributed by atoms with Crippen molar-refractivity contribution in [2.75, 3.05) is 0 Å². The van der Waals surface area contributed by atoms with E-state index in [1.807, 2.05) is 0 Å². The highest BCUT2D eigenvalue weighted by atomic mass is 14.5. The Bertz CT molecular complexity index is 150. The highest BCUT2D eigenvalue weighted by molar-refractivity contribution is 4.97. The smallest absolute Gasteiger partial charge is 0.0326 e. The third-order valence-corrected chi connectivity index (χ3v) is 4.26. The van der Waals surface area contributed by atoms with Crippen molar-refractivity contribution in [2.45, 2.75) is 66.2 Å². The average molecular weight is 196 g/mol. The largest absolute Gasteiger partial charge is 0.0654 e. The van der Waals surface area contributed by atoms with Crippen LogP contribution >= 0.6 is 0 Å². The summed E-state index contributed by atoms with van der Waals surface area (Å²) < 4.78 is 0. The third kappa shape index (κ3) is 2.74. The first kappa shape index (κ1) is 12.1. The Morgan fingerprint density at radius 1 is 1.07 bits per heavy atom. The van der Waals surface area contributed by atoms with Gasteiger partial charge in [-0.15, -0.1) is 0 Å². The van der Waals surface area contributed by atoms with Crippen LogP contribution in [0.4, 0.5) is 0 Å². The zero-order valence-electron chi connectivity index (χ0n) is 10.6. The van der Waals surface area contributed by atoms with Crippen LogP contribution in [-0.2, 0) is 0 Å². The molecule has 0 heterocycles. The summed E-state index contributed by atoms with van der Waals surface area (Å²) in [4.78, 5) is 0. The number of unbranched alkanes of at least 4 members (excludes halogenated alkanes) is 1. The Hall–Kier alpha value is 0. The van der Waals surface area contributed by atoms with E-state index in [9.17, 15) is 0 Å². The quantitative estimate of drug-likeness (QED) is 0.544. The summed E-state index contributed by atoms with van der Waals surface area (Å²) >= 11 is 0. The summed E-state index contributed by atoms with van der Waals surface area (Å²) in [6.45, 7) is 9.50. The molecule has 1 saturated carbocycles. The molecule has 1 aliphatic carbocycles. The van der Waals surface area contributed by atoms with Gasteiger partial charge in [0.15, 0.2) is 0 Å². The van der Waals surface area contributed by atoms with E-state index in [0.29, 0.717) is 0 Å². The Kier molecular flexibility index (Phi) is 4.98. The minimum absolute atomic E-state index is 1.04. The monoisotopic (exact) mass is 196 g/mol. The minimum Gasteiger partial charge on any atom is -0.0654 e. The van der Waals surface area contributed by atoms with E-state index in [-0.39, 0.29) is 0 Å². The molecule has 84 valence electrons. The van der Waals surface area contributed by atoms with E-state index < -0.39 is 0 Å². The van der Waals surface area contributed by atoms with Crippen molar-refractivity contribution in [3.8, 4) is 0 Å². The van der Waals surface area contributed by atoms with Gasteiger partial charge in [-0.05, 0) is 23.7 Å². The second kappa shape index (κ2) is 5.78. The summed E-state index contributed by atoms with van der Waals surface area (Å²) in [6, 6.07) is 0. The molecule has 1 rings (SSSR count). The van der Waals surface area contributed by atoms with E-state index in [4.69, 9.17) is 0 Å². The van der Waals surface area contributed by atoms with Crippen molar-refractivity contribution >= 4 is 0 Å². The predicted molar refractivity (Wildman–Crippen MR) is 64.4 cm³/mol. The Balaban J connectivity index is 2.31. The van der Waals surface area contributed by atoms with Gasteiger partial charge in [0.2, 0.25) is 0 Å². The molecule has 0 saturated heterocycles. The molecular formula is C14H28. The standard InChI is InChI=1S/C14H28/c1-5-8-10-12(7-3)14-11(4)13(14)9-6-2/h11-14H,5-10H2,1-4H3. The first-order valence-electron chi connectivity index (χ1n) is 6.76. The van der Waals surface area contributed by atoms with Crippen LogP contribution in [0.15, 0.2) is 0 Å². The van der Waals surface area contributed by atoms with Crippen molar-refractivity contribution in [2.24, 2.45) is 23.7 Å². The van der Waals surface area contributed by atoms with Crippen molar-refractivity contribution in [3.05, 3.63) is 0 Å². The van der Waals surface area contributed by atoms with E-state index in [1.54, 1.807) is 0 Å². The van der Waals surface area contributed by atoms with Crippen LogP contribution in [0.2, 0.25) is 0 Å². The molecular weight excluding hydrogens is 168 g/mol. The number of hydrogen-bond acceptors (Lipinski definition) is 0. The first-order chi connectivity index (χ1) is 6.76. The number of hydrogen-bond donors (Lipinski definition) is 0. The normalized spacial score (nSPS) is 33.0. The maximum atomic E-state index is 2.47. The zero-order chi connectivity index (χ0) is 10.6. The molecule has 1 aliphatic rings. The van der Waals surface area contributed by atoms with Gasteiger partial charge in [0.25, 0.3) is 0 Å². The molecule has 0 nitrogen and oxygen atoms in total. The molecule has 1 fully saturated rings. The zero-order valence-corrected chi connectivity index (χ0v) is 10.6. The lowest BCUT2D eigenvalue weighted by Gasteiger charge is -2.14. The Labute approximate surface area is 90.5 Å². The van der Waals surface area contributed by atoms with Crippen LogP contribution in [-0.4, -0.2) is 0 Å². The molecule has 0 aromatic carbocycles. The lowest BCUT2D eigenvalue weighted by atomic mass is 9.92. The van der Waals surface area contributed by atoms with Crippen LogP contribution in [0.25, 0.3) is 0 Å². The minimum atomic E-state index is 1.04. The molecule has 4 unspecified atom stereocenters. The van der Waals surface area contributed by atoms with Gasteiger partial charge in [0, 0.05) is 0 Å². The van der Waals surface area contributed by atoms with Gasteiger partial charge in [-0.25, -0.2) is 0 Å². The van der Waals surface area contributed by atoms with E-state index in [2.05, 4.69) is 27.7 Å². The summed E-state index contributed by atoms with van der Waals surface area (Å²) in [5.41, 5.74) is 0. The van der Waals surface area contributed by atoms with Gasteiger partial charge in [0.05, 0.1) is 0 Å². The van der Waals surface area contributed by atoms with Gasteiger partial charge in [-0.2, -0.15) is 0 Å². The number of rotatable bonds is 7. The Morgan fingerprint density at radius 2 is 1.79 bits per heavy atom. The molecule has 0 radical (unpaired) electrons. The van der Waals surface area contributed by atoms with Crippen molar-refractivity contribution in [1.29, 1.82) is 0 Å². The fraction of sp³-hybridized carbons (Fsp3) is 1.00. The summed E-state index contributed by atoms with van der Waals surface area (Å²) in [6.07, 6.45) is 8.58. The van der Waals surface area contributed by atoms with Crippen LogP contribution in [0.3, 0.4) is 0 Å². The van der Waals surface area contributed by atoms with Gasteiger partial charge in [-0.3, -0.25) is 0 Å². The van der Waals surface area contributed by atoms with Crippen LogP contribution in [0, 0.1) is 23.7 Å². The third-order valence-electron chi connectivity index (χ3n) is 4.26. The van der Waals surface area contributed by atoms with Gasteiger partial charge in [0.1, 0.15) is 0 Å². The highest BCUT2D eigenvalue weighted by Crippen LogP contribution is 2.55. The maximum Gasteiger partial charge on any atom is -0.0326 e. The highest BCUT2D eigenvalue weighted by Gasteiger charge is 2.48. The lowest BCUT2D eigenvalue weighted by Crippen LogP contribution is -2.04. The average Bonchev–Trinajstić information content (AvgIpc) is 2.80. The summed E-state index contributed by atoms with van der Waals surface area (Å²) in [5, 5.41) is 0. The van der Waals surface area contributed by atoms with Crippen LogP contribution < -0.4 is 0 Å². The fourth-order valence-corrected chi connectivity index (χ4v) is 3.28. The molecule has 0 heteroatoms. The Morgan fingerprint density at radius 3 is 2.29 bits per heavy atom. The fourth-order valence-electron chi connectivity index (χ4n) is 3.28. The topological polar surface area (TPSA) is 0 Å². The van der Waals surface area contributed by atoms with E-state index in [0.717, 1.165) is 23.7 Å². The summed E-state index contributed by atoms with van der Waals surface area (Å²) in [7, 11) is 0. The van der Waals surface area contributed by atoms with E-state index >= 15 is 0 Å². The van der Waals surface area contributed by atoms with Crippen LogP contribution in [0.1, 0.15) is 66.2 Å². The van der Waals surface area contributed by atoms with Crippen molar-refractivity contribution in [1.82, 2.24) is 0 Å². The lowest BCUT2D eigenvalue weighted by molar-refractivity contribution is 0.368. The van der Waals surface area contributed by atoms with Crippen molar-refractivity contribution in [3.63, 3.8) is 0 Å². The van der Waals surface area contributed by atoms with Gasteiger partial charge in [-0.1, -0.05) is 66.2 Å². The van der Waals surface area contributed by atoms with Gasteiger partial charge >= 0.3 is 0 Å². The molecule has 0 N–H and O–H groups in total. The second-order valence-corrected chi connectivity index (χ2v) is 5.20. The van der Waals surface area contributed by atoms with Gasteiger partial charge < -0.3 is 0 Å². The molecule has 0 aliphatic heterocycles. The SMILES string of the molecule is CCCCC(CC)C1C(C)C1CCC. The summed E-state index contributed by atoms with van der Waals surface area (Å²) in [5.74, 6) is 4.26. The predicted octanol–water partition coefficient (Wildman–Crippen LogP) is 4.89. The molecule has 0 spiro atoms.